The van der Waals surface area contributed by atoms with E-state index in [0.717, 1.165) is 17.3 Å². The van der Waals surface area contributed by atoms with Gasteiger partial charge in [0.05, 0.1) is 12.2 Å². The van der Waals surface area contributed by atoms with E-state index in [-0.39, 0.29) is 15.5 Å². The van der Waals surface area contributed by atoms with Crippen molar-refractivity contribution in [2.45, 2.75) is 17.7 Å². The number of sulfonamides is 1. The van der Waals surface area contributed by atoms with Crippen LogP contribution in [0.5, 0.6) is 0 Å². The molecule has 0 aromatic heterocycles. The van der Waals surface area contributed by atoms with Crippen LogP contribution >= 0.6 is 11.6 Å². The molecule has 1 aromatic carbocycles. The van der Waals surface area contributed by atoms with E-state index < -0.39 is 10.0 Å². The van der Waals surface area contributed by atoms with E-state index in [1.807, 2.05) is 6.07 Å². The first-order chi connectivity index (χ1) is 8.55. The molecule has 0 N–H and O–H groups in total. The molecule has 0 unspecified atom stereocenters. The van der Waals surface area contributed by atoms with Gasteiger partial charge in [0, 0.05) is 11.6 Å². The molecule has 0 saturated carbocycles. The molecule has 18 heavy (non-hydrogen) atoms. The Balaban J connectivity index is 2.46. The highest BCUT2D eigenvalue weighted by Gasteiger charge is 2.29. The minimum absolute atomic E-state index is 0.0635. The first kappa shape index (κ1) is 13.3. The summed E-state index contributed by atoms with van der Waals surface area (Å²) in [6.07, 6.45) is 1.56. The maximum absolute atomic E-state index is 12.3. The van der Waals surface area contributed by atoms with Gasteiger partial charge in [-0.1, -0.05) is 16.1 Å². The average Bonchev–Trinajstić information content (AvgIpc) is 2.39. The largest absolute Gasteiger partial charge is 0.284 e. The smallest absolute Gasteiger partial charge is 0.266 e. The van der Waals surface area contributed by atoms with Gasteiger partial charge in [-0.3, -0.25) is 4.84 Å². The van der Waals surface area contributed by atoms with E-state index in [1.165, 1.54) is 18.2 Å². The highest BCUT2D eigenvalue weighted by atomic mass is 35.5. The molecule has 0 spiro atoms. The molecule has 1 heterocycles. The third-order valence-electron chi connectivity index (χ3n) is 2.58. The minimum atomic E-state index is -3.82. The fourth-order valence-corrected chi connectivity index (χ4v) is 3.38. The minimum Gasteiger partial charge on any atom is -0.284 e. The van der Waals surface area contributed by atoms with Crippen LogP contribution in [0.2, 0.25) is 5.02 Å². The fourth-order valence-electron chi connectivity index (χ4n) is 1.68. The Morgan fingerprint density at radius 2 is 2.17 bits per heavy atom. The molecule has 2 rings (SSSR count). The maximum Gasteiger partial charge on any atom is 0.266 e. The Hall–Kier alpha value is -1.13. The number of nitriles is 1. The molecule has 7 heteroatoms. The molecule has 0 aliphatic carbocycles. The highest BCUT2D eigenvalue weighted by Crippen LogP contribution is 2.25. The molecule has 96 valence electrons. The van der Waals surface area contributed by atoms with Crippen molar-refractivity contribution < 1.29 is 13.3 Å². The van der Waals surface area contributed by atoms with Gasteiger partial charge in [0.2, 0.25) is 0 Å². The van der Waals surface area contributed by atoms with Crippen LogP contribution in [-0.2, 0) is 14.9 Å². The second kappa shape index (κ2) is 5.24. The van der Waals surface area contributed by atoms with E-state index in [4.69, 9.17) is 21.7 Å². The van der Waals surface area contributed by atoms with Crippen molar-refractivity contribution in [3.05, 3.63) is 28.8 Å². The van der Waals surface area contributed by atoms with E-state index in [2.05, 4.69) is 0 Å². The number of hydroxylamine groups is 1. The van der Waals surface area contributed by atoms with Gasteiger partial charge in [-0.2, -0.15) is 5.26 Å². The summed E-state index contributed by atoms with van der Waals surface area (Å²) in [5, 5.41) is 9.22. The monoisotopic (exact) mass is 286 g/mol. The van der Waals surface area contributed by atoms with Gasteiger partial charge < -0.3 is 0 Å². The van der Waals surface area contributed by atoms with E-state index in [9.17, 15) is 8.42 Å². The Bertz CT molecular complexity index is 589. The second-order valence-corrected chi connectivity index (χ2v) is 6.06. The van der Waals surface area contributed by atoms with Crippen LogP contribution in [0.3, 0.4) is 0 Å². The molecule has 1 fully saturated rings. The topological polar surface area (TPSA) is 70.4 Å². The molecule has 1 aliphatic heterocycles. The summed E-state index contributed by atoms with van der Waals surface area (Å²) in [5.41, 5.74) is 0.0635. The summed E-state index contributed by atoms with van der Waals surface area (Å²) in [6.45, 7) is 0.654. The van der Waals surface area contributed by atoms with Crippen molar-refractivity contribution >= 4 is 21.6 Å². The zero-order valence-corrected chi connectivity index (χ0v) is 11.0. The zero-order valence-electron chi connectivity index (χ0n) is 9.47. The fraction of sp³-hybridized carbons (Fsp3) is 0.364. The summed E-state index contributed by atoms with van der Waals surface area (Å²) in [6, 6.07) is 5.99. The Morgan fingerprint density at radius 1 is 1.39 bits per heavy atom. The van der Waals surface area contributed by atoms with Crippen LogP contribution in [0.4, 0.5) is 0 Å². The normalized spacial score (nSPS) is 17.3. The average molecular weight is 287 g/mol. The van der Waals surface area contributed by atoms with Crippen LogP contribution in [0, 0.1) is 11.3 Å². The van der Waals surface area contributed by atoms with Crippen molar-refractivity contribution in [2.24, 2.45) is 0 Å². The Labute approximate surface area is 111 Å². The zero-order chi connectivity index (χ0) is 13.2. The SMILES string of the molecule is N#Cc1ccc(Cl)cc1S(=O)(=O)N1CCCCO1. The molecule has 0 radical (unpaired) electrons. The third kappa shape index (κ3) is 2.49. The van der Waals surface area contributed by atoms with Crippen LogP contribution < -0.4 is 0 Å². The van der Waals surface area contributed by atoms with Crippen LogP contribution in [0.25, 0.3) is 0 Å². The van der Waals surface area contributed by atoms with Gasteiger partial charge in [-0.15, -0.1) is 0 Å². The molecule has 1 aromatic rings. The lowest BCUT2D eigenvalue weighted by molar-refractivity contribution is -0.108. The number of rotatable bonds is 2. The molecule has 1 saturated heterocycles. The molecule has 0 bridgehead atoms. The lowest BCUT2D eigenvalue weighted by Crippen LogP contribution is -2.36. The summed E-state index contributed by atoms with van der Waals surface area (Å²) < 4.78 is 25.6. The standard InChI is InChI=1S/C11H11ClN2O3S/c12-10-4-3-9(8-13)11(7-10)18(15,16)14-5-1-2-6-17-14/h3-4,7H,1-2,5-6H2. The van der Waals surface area contributed by atoms with Gasteiger partial charge >= 0.3 is 0 Å². The molecular weight excluding hydrogens is 276 g/mol. The van der Waals surface area contributed by atoms with E-state index in [1.54, 1.807) is 0 Å². The number of hydrogen-bond donors (Lipinski definition) is 0. The molecule has 0 atom stereocenters. The number of halogens is 1. The molecular formula is C11H11ClN2O3S. The van der Waals surface area contributed by atoms with Crippen molar-refractivity contribution in [2.75, 3.05) is 13.2 Å². The molecule has 1 aliphatic rings. The number of nitrogens with zero attached hydrogens (tertiary/aromatic N) is 2. The predicted molar refractivity (Wildman–Crippen MR) is 65.2 cm³/mol. The van der Waals surface area contributed by atoms with Gasteiger partial charge in [-0.25, -0.2) is 8.42 Å². The summed E-state index contributed by atoms with van der Waals surface area (Å²) >= 11 is 5.79. The summed E-state index contributed by atoms with van der Waals surface area (Å²) in [5.74, 6) is 0. The van der Waals surface area contributed by atoms with Crippen LogP contribution in [-0.4, -0.2) is 26.0 Å². The number of benzene rings is 1. The summed E-state index contributed by atoms with van der Waals surface area (Å²) in [4.78, 5) is 5.02. The quantitative estimate of drug-likeness (QED) is 0.833. The van der Waals surface area contributed by atoms with E-state index >= 15 is 0 Å². The van der Waals surface area contributed by atoms with Gasteiger partial charge in [-0.05, 0) is 31.0 Å². The lowest BCUT2D eigenvalue weighted by Gasteiger charge is -2.25. The van der Waals surface area contributed by atoms with E-state index in [0.29, 0.717) is 13.2 Å². The third-order valence-corrected chi connectivity index (χ3v) is 4.53. The second-order valence-electron chi connectivity index (χ2n) is 3.82. The molecule has 0 amide bonds. The first-order valence-corrected chi connectivity index (χ1v) is 7.23. The van der Waals surface area contributed by atoms with Gasteiger partial charge in [0.1, 0.15) is 11.0 Å². The highest BCUT2D eigenvalue weighted by molar-refractivity contribution is 7.89. The van der Waals surface area contributed by atoms with Crippen molar-refractivity contribution in [1.82, 2.24) is 4.47 Å². The Morgan fingerprint density at radius 3 is 2.78 bits per heavy atom. The summed E-state index contributed by atoms with van der Waals surface area (Å²) in [7, 11) is -3.82. The first-order valence-electron chi connectivity index (χ1n) is 5.41. The van der Waals surface area contributed by atoms with Gasteiger partial charge in [0.25, 0.3) is 10.0 Å². The number of hydrogen-bond acceptors (Lipinski definition) is 4. The van der Waals surface area contributed by atoms with Crippen molar-refractivity contribution in [1.29, 1.82) is 5.26 Å². The predicted octanol–water partition coefficient (Wildman–Crippen LogP) is 1.93. The van der Waals surface area contributed by atoms with Crippen molar-refractivity contribution in [3.8, 4) is 6.07 Å². The van der Waals surface area contributed by atoms with Crippen LogP contribution in [0.1, 0.15) is 18.4 Å². The van der Waals surface area contributed by atoms with Crippen LogP contribution in [0.15, 0.2) is 23.1 Å². The van der Waals surface area contributed by atoms with Gasteiger partial charge in [0.15, 0.2) is 0 Å². The Kier molecular flexibility index (Phi) is 3.88. The molecule has 5 nitrogen and oxygen atoms in total. The van der Waals surface area contributed by atoms with Crippen molar-refractivity contribution in [3.63, 3.8) is 0 Å². The lowest BCUT2D eigenvalue weighted by atomic mass is 10.2. The maximum atomic E-state index is 12.3.